The van der Waals surface area contributed by atoms with E-state index in [2.05, 4.69) is 15.9 Å². The highest BCUT2D eigenvalue weighted by Crippen LogP contribution is 2.30. The minimum atomic E-state index is -0.0360. The van der Waals surface area contributed by atoms with Crippen molar-refractivity contribution in [2.24, 2.45) is 0 Å². The molecule has 0 saturated carbocycles. The summed E-state index contributed by atoms with van der Waals surface area (Å²) in [5, 5.41) is 22.5. The summed E-state index contributed by atoms with van der Waals surface area (Å²) < 4.78 is 0.951. The highest BCUT2D eigenvalue weighted by Gasteiger charge is 2.10. The van der Waals surface area contributed by atoms with Crippen LogP contribution >= 0.6 is 15.9 Å². The Bertz CT molecular complexity index is 1680. The second kappa shape index (κ2) is 11.3. The number of benzene rings is 5. The standard InChI is InChI=1S/C20H17NO3.C11H7BrO2/c1-21(2)20(24)14-5-3-13(4-6-14)15-7-9-17-16(11-15)8-10-19(23)18(17)12-22;12-8-2-3-9-7(5-8)1-4-11(14)10(9)6-13/h3-12,23H,1-2H3;1-6,14H. The van der Waals surface area contributed by atoms with Crippen LogP contribution < -0.4 is 0 Å². The lowest BCUT2D eigenvalue weighted by atomic mass is 9.97. The number of carbonyl (C=O) groups excluding carboxylic acids is 3. The van der Waals surface area contributed by atoms with Crippen LogP contribution in [0, 0.1) is 0 Å². The molecule has 7 heteroatoms. The van der Waals surface area contributed by atoms with Crippen LogP contribution in [0.5, 0.6) is 11.5 Å². The molecule has 0 aliphatic carbocycles. The lowest BCUT2D eigenvalue weighted by molar-refractivity contribution is 0.0827. The predicted molar refractivity (Wildman–Crippen MR) is 153 cm³/mol. The Morgan fingerprint density at radius 2 is 1.18 bits per heavy atom. The average Bonchev–Trinajstić information content (AvgIpc) is 2.93. The van der Waals surface area contributed by atoms with E-state index in [4.69, 9.17) is 0 Å². The molecule has 6 nitrogen and oxygen atoms in total. The smallest absolute Gasteiger partial charge is 0.253 e. The van der Waals surface area contributed by atoms with Gasteiger partial charge < -0.3 is 15.1 Å². The van der Waals surface area contributed by atoms with Crippen molar-refractivity contribution >= 4 is 56.0 Å². The Morgan fingerprint density at radius 1 is 0.684 bits per heavy atom. The SMILES string of the molecule is CN(C)C(=O)c1ccc(-c2ccc3c(C=O)c(O)ccc3c2)cc1.O=Cc1c(O)ccc2cc(Br)ccc12. The molecule has 0 aromatic heterocycles. The fourth-order valence-electron chi connectivity index (χ4n) is 4.15. The largest absolute Gasteiger partial charge is 0.507 e. The fourth-order valence-corrected chi connectivity index (χ4v) is 4.53. The highest BCUT2D eigenvalue weighted by atomic mass is 79.9. The first-order valence-corrected chi connectivity index (χ1v) is 12.4. The van der Waals surface area contributed by atoms with Crippen molar-refractivity contribution in [2.45, 2.75) is 0 Å². The Balaban J connectivity index is 0.000000204. The average molecular weight is 570 g/mol. The van der Waals surface area contributed by atoms with Gasteiger partial charge in [-0.1, -0.05) is 58.4 Å². The van der Waals surface area contributed by atoms with E-state index >= 15 is 0 Å². The molecule has 38 heavy (non-hydrogen) atoms. The zero-order valence-electron chi connectivity index (χ0n) is 20.7. The van der Waals surface area contributed by atoms with Gasteiger partial charge in [-0.3, -0.25) is 14.4 Å². The van der Waals surface area contributed by atoms with Crippen LogP contribution in [-0.2, 0) is 0 Å². The molecule has 0 spiro atoms. The highest BCUT2D eigenvalue weighted by molar-refractivity contribution is 9.10. The summed E-state index contributed by atoms with van der Waals surface area (Å²) in [6, 6.07) is 25.3. The molecule has 0 aliphatic heterocycles. The van der Waals surface area contributed by atoms with Gasteiger partial charge in [0.15, 0.2) is 12.6 Å². The molecular weight excluding hydrogens is 546 g/mol. The van der Waals surface area contributed by atoms with Gasteiger partial charge in [-0.15, -0.1) is 0 Å². The zero-order valence-corrected chi connectivity index (χ0v) is 22.3. The van der Waals surface area contributed by atoms with Gasteiger partial charge in [0.1, 0.15) is 11.5 Å². The number of hydrogen-bond acceptors (Lipinski definition) is 5. The minimum absolute atomic E-state index is 0.0169. The summed E-state index contributed by atoms with van der Waals surface area (Å²) in [6.07, 6.45) is 1.34. The zero-order chi connectivity index (χ0) is 27.4. The molecule has 0 fully saturated rings. The summed E-state index contributed by atoms with van der Waals surface area (Å²) in [5.41, 5.74) is 3.24. The van der Waals surface area contributed by atoms with Crippen molar-refractivity contribution < 1.29 is 24.6 Å². The van der Waals surface area contributed by atoms with Crippen LogP contribution in [0.3, 0.4) is 0 Å². The number of aldehydes is 2. The molecule has 0 bridgehead atoms. The van der Waals surface area contributed by atoms with Crippen molar-refractivity contribution in [3.63, 3.8) is 0 Å². The van der Waals surface area contributed by atoms with E-state index in [9.17, 15) is 24.6 Å². The van der Waals surface area contributed by atoms with E-state index in [1.54, 1.807) is 43.3 Å². The summed E-state index contributed by atoms with van der Waals surface area (Å²) in [5.74, 6) is -0.0298. The van der Waals surface area contributed by atoms with Crippen molar-refractivity contribution in [1.82, 2.24) is 4.90 Å². The molecule has 1 amide bonds. The van der Waals surface area contributed by atoms with E-state index in [1.165, 1.54) is 12.1 Å². The normalized spacial score (nSPS) is 10.5. The number of aromatic hydroxyl groups is 2. The second-order valence-electron chi connectivity index (χ2n) is 8.81. The maximum absolute atomic E-state index is 11.9. The van der Waals surface area contributed by atoms with Gasteiger partial charge in [0.2, 0.25) is 0 Å². The molecule has 0 atom stereocenters. The quantitative estimate of drug-likeness (QED) is 0.231. The van der Waals surface area contributed by atoms with Crippen molar-refractivity contribution in [2.75, 3.05) is 14.1 Å². The van der Waals surface area contributed by atoms with Gasteiger partial charge in [0, 0.05) is 24.1 Å². The lowest BCUT2D eigenvalue weighted by Gasteiger charge is -2.11. The third-order valence-corrected chi connectivity index (χ3v) is 6.64. The van der Waals surface area contributed by atoms with Crippen LogP contribution in [0.1, 0.15) is 31.1 Å². The van der Waals surface area contributed by atoms with Crippen LogP contribution in [0.15, 0.2) is 89.4 Å². The van der Waals surface area contributed by atoms with E-state index in [0.717, 1.165) is 31.8 Å². The molecule has 0 radical (unpaired) electrons. The number of rotatable bonds is 4. The first kappa shape index (κ1) is 26.6. The monoisotopic (exact) mass is 569 g/mol. The number of nitrogens with zero attached hydrogens (tertiary/aromatic N) is 1. The Morgan fingerprint density at radius 3 is 1.71 bits per heavy atom. The van der Waals surface area contributed by atoms with Crippen molar-refractivity contribution in [3.05, 3.63) is 106 Å². The number of phenols is 2. The minimum Gasteiger partial charge on any atom is -0.507 e. The first-order valence-electron chi connectivity index (χ1n) is 11.6. The third-order valence-electron chi connectivity index (χ3n) is 6.15. The third kappa shape index (κ3) is 5.43. The summed E-state index contributed by atoms with van der Waals surface area (Å²) in [7, 11) is 3.44. The first-order chi connectivity index (χ1) is 18.2. The maximum atomic E-state index is 11.9. The summed E-state index contributed by atoms with van der Waals surface area (Å²) in [4.78, 5) is 35.4. The van der Waals surface area contributed by atoms with Crippen LogP contribution in [-0.4, -0.2) is 47.7 Å². The van der Waals surface area contributed by atoms with Gasteiger partial charge >= 0.3 is 0 Å². The number of hydrogen-bond donors (Lipinski definition) is 2. The number of halogens is 1. The summed E-state index contributed by atoms with van der Waals surface area (Å²) in [6.45, 7) is 0. The summed E-state index contributed by atoms with van der Waals surface area (Å²) >= 11 is 3.35. The van der Waals surface area contributed by atoms with Gasteiger partial charge in [-0.05, 0) is 75.1 Å². The molecule has 0 heterocycles. The van der Waals surface area contributed by atoms with E-state index in [1.807, 2.05) is 48.5 Å². The fraction of sp³-hybridized carbons (Fsp3) is 0.0645. The molecule has 2 N–H and O–H groups in total. The molecule has 0 saturated heterocycles. The Hall–Kier alpha value is -4.49. The lowest BCUT2D eigenvalue weighted by Crippen LogP contribution is -2.21. The number of fused-ring (bicyclic) bond motifs is 2. The molecular formula is C31H24BrNO5. The van der Waals surface area contributed by atoms with Crippen molar-refractivity contribution in [3.8, 4) is 22.6 Å². The van der Waals surface area contributed by atoms with E-state index in [-0.39, 0.29) is 17.4 Å². The van der Waals surface area contributed by atoms with E-state index < -0.39 is 0 Å². The van der Waals surface area contributed by atoms with Gasteiger partial charge in [-0.2, -0.15) is 0 Å². The van der Waals surface area contributed by atoms with Crippen LogP contribution in [0.2, 0.25) is 0 Å². The number of amides is 1. The van der Waals surface area contributed by atoms with Gasteiger partial charge in [-0.25, -0.2) is 0 Å². The van der Waals surface area contributed by atoms with Gasteiger partial charge in [0.05, 0.1) is 11.1 Å². The Labute approximate surface area is 227 Å². The topological polar surface area (TPSA) is 94.9 Å². The van der Waals surface area contributed by atoms with Crippen LogP contribution in [0.25, 0.3) is 32.7 Å². The molecule has 0 unspecified atom stereocenters. The van der Waals surface area contributed by atoms with Gasteiger partial charge in [0.25, 0.3) is 5.91 Å². The predicted octanol–water partition coefficient (Wildman–Crippen LogP) is 6.85. The molecule has 190 valence electrons. The van der Waals surface area contributed by atoms with Crippen molar-refractivity contribution in [1.29, 1.82) is 0 Å². The molecule has 5 aromatic carbocycles. The number of carbonyl (C=O) groups is 3. The Kier molecular flexibility index (Phi) is 7.88. The van der Waals surface area contributed by atoms with Crippen LogP contribution in [0.4, 0.5) is 0 Å². The molecule has 5 rings (SSSR count). The number of phenolic OH excluding ortho intramolecular Hbond substituents is 2. The molecule has 0 aliphatic rings. The second-order valence-corrected chi connectivity index (χ2v) is 9.73. The molecule has 5 aromatic rings. The maximum Gasteiger partial charge on any atom is 0.253 e. The van der Waals surface area contributed by atoms with E-state index in [0.29, 0.717) is 34.6 Å².